The number of aryl methyl sites for hydroxylation is 2. The molecule has 194 valence electrons. The first-order chi connectivity index (χ1) is 18.0. The van der Waals surface area contributed by atoms with Gasteiger partial charge in [-0.1, -0.05) is 6.07 Å². The maximum atomic E-state index is 11.5. The Hall–Kier alpha value is -4.27. The fourth-order valence-electron chi connectivity index (χ4n) is 4.24. The lowest BCUT2D eigenvalue weighted by Crippen LogP contribution is -2.10. The first-order valence-electron chi connectivity index (χ1n) is 11.6. The maximum Gasteiger partial charge on any atom is 0.470 e. The van der Waals surface area contributed by atoms with Crippen molar-refractivity contribution in [2.75, 3.05) is 5.32 Å². The van der Waals surface area contributed by atoms with Crippen molar-refractivity contribution >= 4 is 24.8 Å². The molecule has 0 aromatic carbocycles. The fourth-order valence-corrected chi connectivity index (χ4v) is 4.77. The van der Waals surface area contributed by atoms with E-state index in [1.165, 1.54) is 11.6 Å². The summed E-state index contributed by atoms with van der Waals surface area (Å²) in [6.07, 6.45) is 2.58. The number of rotatable bonds is 7. The van der Waals surface area contributed by atoms with Crippen molar-refractivity contribution in [1.29, 1.82) is 5.26 Å². The van der Waals surface area contributed by atoms with E-state index in [1.807, 2.05) is 50.5 Å². The number of nitrogens with one attached hydrogen (secondary N) is 1. The van der Waals surface area contributed by atoms with E-state index in [1.54, 1.807) is 35.8 Å². The van der Waals surface area contributed by atoms with Gasteiger partial charge in [-0.2, -0.15) is 15.5 Å². The standard InChI is InChI=1S/C25H25N8O4P/c1-15-5-10-24(31(15)4)28-18-6-9-23-21(13-27-32(23)14-18)22-8-7-20(17(3)37-38(34,35)36)25(29-22)33-16(2)11-19(12-26)30-33/h5-11,13-14,17,28H,1-4H3,(H2,34,35,36). The average Bonchev–Trinajstić information content (AvgIpc) is 3.55. The van der Waals surface area contributed by atoms with Crippen LogP contribution in [-0.2, 0) is 16.1 Å². The number of hydrogen-bond donors (Lipinski definition) is 3. The van der Waals surface area contributed by atoms with Crippen LogP contribution in [0.2, 0.25) is 0 Å². The summed E-state index contributed by atoms with van der Waals surface area (Å²) < 4.78 is 21.7. The zero-order valence-corrected chi connectivity index (χ0v) is 22.0. The highest BCUT2D eigenvalue weighted by Gasteiger charge is 2.25. The molecule has 5 heterocycles. The van der Waals surface area contributed by atoms with Crippen molar-refractivity contribution in [3.63, 3.8) is 0 Å². The zero-order chi connectivity index (χ0) is 27.2. The number of nitrogens with zero attached hydrogens (tertiary/aromatic N) is 7. The lowest BCUT2D eigenvalue weighted by atomic mass is 10.1. The Kier molecular flexibility index (Phi) is 6.38. The van der Waals surface area contributed by atoms with Gasteiger partial charge in [-0.05, 0) is 57.2 Å². The lowest BCUT2D eigenvalue weighted by Gasteiger charge is -2.18. The van der Waals surface area contributed by atoms with Crippen LogP contribution in [0.1, 0.15) is 35.7 Å². The fraction of sp³-hybridized carbons (Fsp3) is 0.200. The molecule has 0 saturated heterocycles. The predicted molar refractivity (Wildman–Crippen MR) is 140 cm³/mol. The summed E-state index contributed by atoms with van der Waals surface area (Å²) in [4.78, 5) is 23.5. The molecule has 0 amide bonds. The second-order valence-electron chi connectivity index (χ2n) is 8.89. The third-order valence-corrected chi connectivity index (χ3v) is 6.87. The predicted octanol–water partition coefficient (Wildman–Crippen LogP) is 4.32. The van der Waals surface area contributed by atoms with Gasteiger partial charge in [-0.15, -0.1) is 0 Å². The molecule has 0 fully saturated rings. The van der Waals surface area contributed by atoms with Gasteiger partial charge in [0.25, 0.3) is 0 Å². The van der Waals surface area contributed by atoms with Gasteiger partial charge >= 0.3 is 7.82 Å². The Morgan fingerprint density at radius 3 is 2.58 bits per heavy atom. The van der Waals surface area contributed by atoms with Crippen LogP contribution in [0, 0.1) is 25.2 Å². The topological polar surface area (TPSA) is 156 Å². The number of fused-ring (bicyclic) bond motifs is 1. The molecule has 1 unspecified atom stereocenters. The third-order valence-electron chi connectivity index (χ3n) is 6.28. The van der Waals surface area contributed by atoms with Gasteiger partial charge in [-0.25, -0.2) is 18.7 Å². The lowest BCUT2D eigenvalue weighted by molar-refractivity contribution is 0.145. The molecule has 0 aliphatic carbocycles. The van der Waals surface area contributed by atoms with E-state index in [0.29, 0.717) is 22.8 Å². The van der Waals surface area contributed by atoms with Crippen molar-refractivity contribution in [3.05, 3.63) is 77.5 Å². The highest BCUT2D eigenvalue weighted by atomic mass is 31.2. The molecule has 13 heteroatoms. The monoisotopic (exact) mass is 532 g/mol. The van der Waals surface area contributed by atoms with Crippen LogP contribution in [0.15, 0.2) is 54.9 Å². The Bertz CT molecular complexity index is 1760. The summed E-state index contributed by atoms with van der Waals surface area (Å²) in [6, 6.07) is 14.9. The molecule has 38 heavy (non-hydrogen) atoms. The maximum absolute atomic E-state index is 11.5. The second-order valence-corrected chi connectivity index (χ2v) is 10.1. The summed E-state index contributed by atoms with van der Waals surface area (Å²) in [5.41, 5.74) is 5.32. The number of pyridine rings is 2. The van der Waals surface area contributed by atoms with Gasteiger partial charge in [0.2, 0.25) is 0 Å². The van der Waals surface area contributed by atoms with Gasteiger partial charge in [0.15, 0.2) is 11.5 Å². The van der Waals surface area contributed by atoms with Crippen molar-refractivity contribution in [2.24, 2.45) is 7.05 Å². The number of phosphoric acid groups is 1. The van der Waals surface area contributed by atoms with Gasteiger partial charge in [0, 0.05) is 29.6 Å². The van der Waals surface area contributed by atoms with Crippen LogP contribution in [0.4, 0.5) is 11.5 Å². The van der Waals surface area contributed by atoms with Crippen LogP contribution in [0.5, 0.6) is 0 Å². The van der Waals surface area contributed by atoms with Gasteiger partial charge in [-0.3, -0.25) is 4.52 Å². The first-order valence-corrected chi connectivity index (χ1v) is 13.2. The summed E-state index contributed by atoms with van der Waals surface area (Å²) >= 11 is 0. The molecule has 1 atom stereocenters. The molecule has 12 nitrogen and oxygen atoms in total. The largest absolute Gasteiger partial charge is 0.470 e. The number of anilines is 2. The quantitative estimate of drug-likeness (QED) is 0.260. The van der Waals surface area contributed by atoms with Crippen molar-refractivity contribution < 1.29 is 18.9 Å². The zero-order valence-electron chi connectivity index (χ0n) is 21.1. The Morgan fingerprint density at radius 2 is 1.92 bits per heavy atom. The minimum atomic E-state index is -4.77. The van der Waals surface area contributed by atoms with E-state index in [9.17, 15) is 19.6 Å². The highest BCUT2D eigenvalue weighted by molar-refractivity contribution is 7.46. The first kappa shape index (κ1) is 25.4. The number of nitriles is 1. The summed E-state index contributed by atoms with van der Waals surface area (Å²) in [7, 11) is -2.78. The molecule has 0 radical (unpaired) electrons. The van der Waals surface area contributed by atoms with Crippen LogP contribution >= 0.6 is 7.82 Å². The Balaban J connectivity index is 1.57. The average molecular weight is 533 g/mol. The minimum absolute atomic E-state index is 0.189. The number of hydrogen-bond acceptors (Lipinski definition) is 7. The Morgan fingerprint density at radius 1 is 1.13 bits per heavy atom. The number of phosphoric ester groups is 1. The van der Waals surface area contributed by atoms with Gasteiger partial charge in [0.05, 0.1) is 35.4 Å². The van der Waals surface area contributed by atoms with Crippen molar-refractivity contribution in [1.82, 2.24) is 28.9 Å². The second kappa shape index (κ2) is 9.55. The molecular weight excluding hydrogens is 507 g/mol. The van der Waals surface area contributed by atoms with Gasteiger partial charge in [0.1, 0.15) is 11.9 Å². The molecule has 0 aliphatic heterocycles. The summed E-state index contributed by atoms with van der Waals surface area (Å²) in [6.45, 7) is 5.31. The van der Waals surface area contributed by atoms with Crippen LogP contribution < -0.4 is 5.32 Å². The summed E-state index contributed by atoms with van der Waals surface area (Å²) in [5, 5.41) is 21.5. The van der Waals surface area contributed by atoms with E-state index >= 15 is 0 Å². The SMILES string of the molecule is Cc1cc(C#N)nn1-c1nc(-c2cnn3cc(Nc4ccc(C)n4C)ccc23)ccc1C(C)OP(=O)(O)O. The molecule has 0 spiro atoms. The number of aromatic nitrogens is 6. The van der Waals surface area contributed by atoms with E-state index < -0.39 is 13.9 Å². The molecule has 0 saturated carbocycles. The molecule has 0 bridgehead atoms. The summed E-state index contributed by atoms with van der Waals surface area (Å²) in [5.74, 6) is 1.24. The minimum Gasteiger partial charge on any atom is -0.340 e. The Labute approximate surface area is 218 Å². The van der Waals surface area contributed by atoms with Crippen molar-refractivity contribution in [2.45, 2.75) is 26.9 Å². The van der Waals surface area contributed by atoms with E-state index in [4.69, 9.17) is 9.51 Å². The van der Waals surface area contributed by atoms with Crippen LogP contribution in [0.25, 0.3) is 22.6 Å². The van der Waals surface area contributed by atoms with Crippen molar-refractivity contribution in [3.8, 4) is 23.1 Å². The van der Waals surface area contributed by atoms with Gasteiger partial charge < -0.3 is 19.7 Å². The molecule has 5 aromatic rings. The molecular formula is C25H25N8O4P. The van der Waals surface area contributed by atoms with Crippen LogP contribution in [-0.4, -0.2) is 38.7 Å². The molecule has 3 N–H and O–H groups in total. The van der Waals surface area contributed by atoms with Crippen LogP contribution in [0.3, 0.4) is 0 Å². The van der Waals surface area contributed by atoms with E-state index in [0.717, 1.165) is 28.3 Å². The van der Waals surface area contributed by atoms with E-state index in [2.05, 4.69) is 20.1 Å². The highest BCUT2D eigenvalue weighted by Crippen LogP contribution is 2.43. The smallest absolute Gasteiger partial charge is 0.340 e. The molecule has 0 aliphatic rings. The van der Waals surface area contributed by atoms with E-state index in [-0.39, 0.29) is 5.69 Å². The molecule has 5 rings (SSSR count). The third kappa shape index (κ3) is 4.83. The molecule has 5 aromatic heterocycles. The normalized spacial score (nSPS) is 12.6.